The van der Waals surface area contributed by atoms with Crippen molar-refractivity contribution < 1.29 is 0 Å². The SMILES string of the molecule is BrCc1ccc(N2Cc3ccccc3C2)nc1. The van der Waals surface area contributed by atoms with Gasteiger partial charge in [-0.05, 0) is 22.8 Å². The van der Waals surface area contributed by atoms with Crippen LogP contribution >= 0.6 is 15.9 Å². The van der Waals surface area contributed by atoms with Crippen LogP contribution in [0, 0.1) is 0 Å². The molecule has 3 heteroatoms. The number of hydrogen-bond acceptors (Lipinski definition) is 2. The molecule has 2 heterocycles. The van der Waals surface area contributed by atoms with Crippen molar-refractivity contribution in [2.75, 3.05) is 4.90 Å². The fourth-order valence-electron chi connectivity index (χ4n) is 2.18. The van der Waals surface area contributed by atoms with Crippen LogP contribution in [0.3, 0.4) is 0 Å². The van der Waals surface area contributed by atoms with Gasteiger partial charge in [-0.1, -0.05) is 46.3 Å². The van der Waals surface area contributed by atoms with Gasteiger partial charge in [0.2, 0.25) is 0 Å². The molecule has 2 nitrogen and oxygen atoms in total. The number of nitrogens with zero attached hydrogens (tertiary/aromatic N) is 2. The highest BCUT2D eigenvalue weighted by molar-refractivity contribution is 9.08. The minimum Gasteiger partial charge on any atom is -0.348 e. The number of fused-ring (bicyclic) bond motifs is 1. The molecule has 1 aromatic carbocycles. The normalized spacial score (nSPS) is 13.8. The molecule has 0 aliphatic carbocycles. The molecule has 0 unspecified atom stereocenters. The molecule has 1 aliphatic rings. The molecule has 0 radical (unpaired) electrons. The summed E-state index contributed by atoms with van der Waals surface area (Å²) in [4.78, 5) is 6.82. The molecule has 0 amide bonds. The smallest absolute Gasteiger partial charge is 0.129 e. The van der Waals surface area contributed by atoms with E-state index >= 15 is 0 Å². The summed E-state index contributed by atoms with van der Waals surface area (Å²) < 4.78 is 0. The van der Waals surface area contributed by atoms with Gasteiger partial charge in [0, 0.05) is 24.6 Å². The predicted molar refractivity (Wildman–Crippen MR) is 73.2 cm³/mol. The standard InChI is InChI=1S/C14H13BrN2/c15-7-11-5-6-14(16-8-11)17-9-12-3-1-2-4-13(12)10-17/h1-6,8H,7,9-10H2. The third kappa shape index (κ3) is 2.07. The maximum atomic E-state index is 4.51. The van der Waals surface area contributed by atoms with E-state index in [0.29, 0.717) is 0 Å². The zero-order valence-electron chi connectivity index (χ0n) is 9.44. The first-order valence-electron chi connectivity index (χ1n) is 5.69. The average molecular weight is 289 g/mol. The number of alkyl halides is 1. The van der Waals surface area contributed by atoms with Gasteiger partial charge in [-0.15, -0.1) is 0 Å². The van der Waals surface area contributed by atoms with Crippen molar-refractivity contribution in [2.45, 2.75) is 18.4 Å². The quantitative estimate of drug-likeness (QED) is 0.787. The van der Waals surface area contributed by atoms with Gasteiger partial charge < -0.3 is 4.90 Å². The highest BCUT2D eigenvalue weighted by Gasteiger charge is 2.18. The zero-order valence-corrected chi connectivity index (χ0v) is 11.0. The van der Waals surface area contributed by atoms with Crippen LogP contribution in [0.25, 0.3) is 0 Å². The Hall–Kier alpha value is -1.35. The van der Waals surface area contributed by atoms with Gasteiger partial charge in [0.05, 0.1) is 0 Å². The van der Waals surface area contributed by atoms with E-state index in [1.165, 1.54) is 16.7 Å². The van der Waals surface area contributed by atoms with E-state index < -0.39 is 0 Å². The van der Waals surface area contributed by atoms with Crippen LogP contribution in [0.5, 0.6) is 0 Å². The fourth-order valence-corrected chi connectivity index (χ4v) is 2.51. The van der Waals surface area contributed by atoms with Crippen molar-refractivity contribution in [3.8, 4) is 0 Å². The number of benzene rings is 1. The maximum Gasteiger partial charge on any atom is 0.129 e. The Morgan fingerprint density at radius 3 is 2.29 bits per heavy atom. The molecule has 17 heavy (non-hydrogen) atoms. The van der Waals surface area contributed by atoms with Crippen molar-refractivity contribution >= 4 is 21.7 Å². The molecule has 0 bridgehead atoms. The molecule has 1 aromatic heterocycles. The summed E-state index contributed by atoms with van der Waals surface area (Å²) in [5.41, 5.74) is 4.04. The first-order chi connectivity index (χ1) is 8.36. The summed E-state index contributed by atoms with van der Waals surface area (Å²) in [5, 5.41) is 0.862. The third-order valence-electron chi connectivity index (χ3n) is 3.13. The average Bonchev–Trinajstić information content (AvgIpc) is 2.82. The van der Waals surface area contributed by atoms with Gasteiger partial charge in [0.1, 0.15) is 5.82 Å². The molecule has 0 saturated heterocycles. The number of hydrogen-bond donors (Lipinski definition) is 0. The molecule has 0 saturated carbocycles. The van der Waals surface area contributed by atoms with Gasteiger partial charge in [-0.3, -0.25) is 0 Å². The van der Waals surface area contributed by atoms with Crippen LogP contribution < -0.4 is 4.90 Å². The van der Waals surface area contributed by atoms with E-state index in [9.17, 15) is 0 Å². The van der Waals surface area contributed by atoms with Crippen LogP contribution in [0.2, 0.25) is 0 Å². The van der Waals surface area contributed by atoms with Crippen LogP contribution in [0.15, 0.2) is 42.6 Å². The van der Waals surface area contributed by atoms with Gasteiger partial charge in [0.15, 0.2) is 0 Å². The molecular weight excluding hydrogens is 276 g/mol. The summed E-state index contributed by atoms with van der Waals surface area (Å²) in [6.07, 6.45) is 1.94. The Morgan fingerprint density at radius 1 is 1.06 bits per heavy atom. The van der Waals surface area contributed by atoms with Crippen molar-refractivity contribution in [3.05, 3.63) is 59.3 Å². The van der Waals surface area contributed by atoms with Gasteiger partial charge >= 0.3 is 0 Å². The van der Waals surface area contributed by atoms with Crippen LogP contribution in [0.4, 0.5) is 5.82 Å². The molecule has 0 spiro atoms. The number of pyridine rings is 1. The highest BCUT2D eigenvalue weighted by atomic mass is 79.9. The number of halogens is 1. The Labute approximate surface area is 109 Å². The monoisotopic (exact) mass is 288 g/mol. The van der Waals surface area contributed by atoms with Gasteiger partial charge in [-0.25, -0.2) is 4.98 Å². The van der Waals surface area contributed by atoms with E-state index in [1.54, 1.807) is 0 Å². The number of rotatable bonds is 2. The molecule has 86 valence electrons. The topological polar surface area (TPSA) is 16.1 Å². The molecule has 0 fully saturated rings. The van der Waals surface area contributed by atoms with E-state index in [4.69, 9.17) is 0 Å². The minimum atomic E-state index is 0.862. The van der Waals surface area contributed by atoms with Gasteiger partial charge in [-0.2, -0.15) is 0 Å². The summed E-state index contributed by atoms with van der Waals surface area (Å²) in [5.74, 6) is 1.06. The Bertz CT molecular complexity index is 497. The Balaban J connectivity index is 1.83. The van der Waals surface area contributed by atoms with Crippen molar-refractivity contribution in [1.29, 1.82) is 0 Å². The van der Waals surface area contributed by atoms with Crippen LogP contribution in [-0.4, -0.2) is 4.98 Å². The number of aromatic nitrogens is 1. The molecular formula is C14H13BrN2. The summed E-state index contributed by atoms with van der Waals surface area (Å²) in [7, 11) is 0. The second-order valence-corrected chi connectivity index (χ2v) is 4.84. The van der Waals surface area contributed by atoms with E-state index in [2.05, 4.69) is 62.2 Å². The van der Waals surface area contributed by atoms with Crippen molar-refractivity contribution in [1.82, 2.24) is 4.98 Å². The maximum absolute atomic E-state index is 4.51. The van der Waals surface area contributed by atoms with E-state index in [-0.39, 0.29) is 0 Å². The van der Waals surface area contributed by atoms with E-state index in [0.717, 1.165) is 24.2 Å². The fraction of sp³-hybridized carbons (Fsp3) is 0.214. The highest BCUT2D eigenvalue weighted by Crippen LogP contribution is 2.26. The lowest BCUT2D eigenvalue weighted by atomic mass is 10.1. The van der Waals surface area contributed by atoms with Gasteiger partial charge in [0.25, 0.3) is 0 Å². The Morgan fingerprint density at radius 2 is 1.76 bits per heavy atom. The minimum absolute atomic E-state index is 0.862. The largest absolute Gasteiger partial charge is 0.348 e. The molecule has 0 N–H and O–H groups in total. The lowest BCUT2D eigenvalue weighted by Crippen LogP contribution is -2.15. The van der Waals surface area contributed by atoms with Crippen LogP contribution in [0.1, 0.15) is 16.7 Å². The van der Waals surface area contributed by atoms with Crippen molar-refractivity contribution in [3.63, 3.8) is 0 Å². The molecule has 1 aliphatic heterocycles. The summed E-state index contributed by atoms with van der Waals surface area (Å²) in [6, 6.07) is 12.8. The zero-order chi connectivity index (χ0) is 11.7. The lowest BCUT2D eigenvalue weighted by Gasteiger charge is -2.16. The summed E-state index contributed by atoms with van der Waals surface area (Å²) >= 11 is 3.44. The molecule has 3 rings (SSSR count). The molecule has 2 aromatic rings. The second-order valence-electron chi connectivity index (χ2n) is 4.28. The first kappa shape index (κ1) is 10.8. The lowest BCUT2D eigenvalue weighted by molar-refractivity contribution is 0.855. The second kappa shape index (κ2) is 4.49. The Kier molecular flexibility index (Phi) is 2.85. The first-order valence-corrected chi connectivity index (χ1v) is 6.81. The third-order valence-corrected chi connectivity index (χ3v) is 3.78. The van der Waals surface area contributed by atoms with Crippen molar-refractivity contribution in [2.24, 2.45) is 0 Å². The molecule has 0 atom stereocenters. The predicted octanol–water partition coefficient (Wildman–Crippen LogP) is 3.50. The van der Waals surface area contributed by atoms with E-state index in [1.807, 2.05) is 6.20 Å². The summed E-state index contributed by atoms with van der Waals surface area (Å²) in [6.45, 7) is 1.94. The van der Waals surface area contributed by atoms with Crippen LogP contribution in [-0.2, 0) is 18.4 Å². The number of anilines is 1.